The molecule has 28 heavy (non-hydrogen) atoms. The summed E-state index contributed by atoms with van der Waals surface area (Å²) in [6, 6.07) is 11.6. The highest BCUT2D eigenvalue weighted by molar-refractivity contribution is 5.95. The molecule has 0 aliphatic heterocycles. The van der Waals surface area contributed by atoms with E-state index in [1.54, 1.807) is 11.0 Å². The molecule has 0 aliphatic rings. The predicted molar refractivity (Wildman–Crippen MR) is 112 cm³/mol. The third-order valence-electron chi connectivity index (χ3n) is 4.69. The number of nitrogens with zero attached hydrogens (tertiary/aromatic N) is 2. The van der Waals surface area contributed by atoms with Crippen molar-refractivity contribution in [1.29, 1.82) is 0 Å². The molecular formula is C22H28FN3O2. The molecule has 0 atom stereocenters. The van der Waals surface area contributed by atoms with Gasteiger partial charge in [0.2, 0.25) is 5.91 Å². The van der Waals surface area contributed by atoms with Crippen molar-refractivity contribution in [2.75, 3.05) is 36.0 Å². The van der Waals surface area contributed by atoms with Gasteiger partial charge in [0, 0.05) is 50.0 Å². The molecular weight excluding hydrogens is 357 g/mol. The van der Waals surface area contributed by atoms with Gasteiger partial charge < -0.3 is 15.1 Å². The van der Waals surface area contributed by atoms with Crippen LogP contribution in [0, 0.1) is 12.7 Å². The molecule has 6 heteroatoms. The molecule has 0 radical (unpaired) electrons. The highest BCUT2D eigenvalue weighted by atomic mass is 19.1. The number of aryl methyl sites for hydroxylation is 1. The molecule has 0 aromatic heterocycles. The summed E-state index contributed by atoms with van der Waals surface area (Å²) < 4.78 is 13.3. The molecule has 0 heterocycles. The largest absolute Gasteiger partial charge is 0.372 e. The summed E-state index contributed by atoms with van der Waals surface area (Å²) in [4.78, 5) is 28.2. The summed E-state index contributed by atoms with van der Waals surface area (Å²) >= 11 is 0. The third-order valence-corrected chi connectivity index (χ3v) is 4.69. The maximum Gasteiger partial charge on any atom is 0.251 e. The van der Waals surface area contributed by atoms with Crippen molar-refractivity contribution in [2.45, 2.75) is 27.7 Å². The van der Waals surface area contributed by atoms with Crippen molar-refractivity contribution in [3.05, 3.63) is 59.4 Å². The molecule has 2 rings (SSSR count). The van der Waals surface area contributed by atoms with E-state index in [0.29, 0.717) is 6.54 Å². The van der Waals surface area contributed by atoms with Crippen LogP contribution < -0.4 is 15.1 Å². The summed E-state index contributed by atoms with van der Waals surface area (Å²) in [5.41, 5.74) is 3.20. The summed E-state index contributed by atoms with van der Waals surface area (Å²) in [6.45, 7) is 10.1. The van der Waals surface area contributed by atoms with Crippen LogP contribution in [0.2, 0.25) is 0 Å². The lowest BCUT2D eigenvalue weighted by Crippen LogP contribution is -2.38. The van der Waals surface area contributed by atoms with Crippen molar-refractivity contribution in [2.24, 2.45) is 0 Å². The number of hydrogen-bond donors (Lipinski definition) is 1. The van der Waals surface area contributed by atoms with E-state index in [1.807, 2.05) is 19.1 Å². The van der Waals surface area contributed by atoms with Crippen LogP contribution in [0.15, 0.2) is 42.5 Å². The number of carbonyl (C=O) groups is 2. The van der Waals surface area contributed by atoms with Crippen LogP contribution in [0.3, 0.4) is 0 Å². The minimum Gasteiger partial charge on any atom is -0.372 e. The molecule has 150 valence electrons. The van der Waals surface area contributed by atoms with Gasteiger partial charge >= 0.3 is 0 Å². The second-order valence-corrected chi connectivity index (χ2v) is 6.58. The molecule has 5 nitrogen and oxygen atoms in total. The van der Waals surface area contributed by atoms with Crippen LogP contribution in [0.4, 0.5) is 15.8 Å². The SMILES string of the molecule is CCN(CC)c1ccc(N(CCNC(=O)c2cccc(F)c2)C(C)=O)c(C)c1. The van der Waals surface area contributed by atoms with Gasteiger partial charge in [-0.25, -0.2) is 4.39 Å². The molecule has 2 amide bonds. The Balaban J connectivity index is 2.07. The molecule has 2 aromatic rings. The van der Waals surface area contributed by atoms with Gasteiger partial charge in [-0.1, -0.05) is 6.07 Å². The van der Waals surface area contributed by atoms with E-state index in [9.17, 15) is 14.0 Å². The number of benzene rings is 2. The molecule has 0 spiro atoms. The van der Waals surface area contributed by atoms with Gasteiger partial charge in [-0.15, -0.1) is 0 Å². The van der Waals surface area contributed by atoms with Gasteiger partial charge in [0.1, 0.15) is 5.82 Å². The van der Waals surface area contributed by atoms with Crippen molar-refractivity contribution in [3.8, 4) is 0 Å². The minimum absolute atomic E-state index is 0.0984. The first-order valence-corrected chi connectivity index (χ1v) is 9.54. The van der Waals surface area contributed by atoms with Crippen LogP contribution in [0.1, 0.15) is 36.7 Å². The van der Waals surface area contributed by atoms with E-state index in [1.165, 1.54) is 25.1 Å². The Morgan fingerprint density at radius 2 is 1.79 bits per heavy atom. The molecule has 0 fully saturated rings. The highest BCUT2D eigenvalue weighted by Crippen LogP contribution is 2.25. The Kier molecular flexibility index (Phi) is 7.55. The number of hydrogen-bond acceptors (Lipinski definition) is 3. The summed E-state index contributed by atoms with van der Waals surface area (Å²) in [5, 5.41) is 2.74. The second kappa shape index (κ2) is 9.88. The van der Waals surface area contributed by atoms with Crippen LogP contribution >= 0.6 is 0 Å². The average Bonchev–Trinajstić information content (AvgIpc) is 2.66. The maximum absolute atomic E-state index is 13.3. The third kappa shape index (κ3) is 5.31. The molecule has 0 saturated heterocycles. The topological polar surface area (TPSA) is 52.6 Å². The molecule has 0 aliphatic carbocycles. The van der Waals surface area contributed by atoms with Crippen LogP contribution in [-0.2, 0) is 4.79 Å². The number of amides is 2. The number of rotatable bonds is 8. The molecule has 0 saturated carbocycles. The molecule has 0 bridgehead atoms. The van der Waals surface area contributed by atoms with E-state index in [-0.39, 0.29) is 23.9 Å². The zero-order valence-corrected chi connectivity index (χ0v) is 17.0. The Morgan fingerprint density at radius 1 is 1.07 bits per heavy atom. The fourth-order valence-corrected chi connectivity index (χ4v) is 3.19. The van der Waals surface area contributed by atoms with E-state index >= 15 is 0 Å². The lowest BCUT2D eigenvalue weighted by atomic mass is 10.1. The normalized spacial score (nSPS) is 10.5. The van der Waals surface area contributed by atoms with Crippen LogP contribution in [0.5, 0.6) is 0 Å². The maximum atomic E-state index is 13.3. The van der Waals surface area contributed by atoms with Gasteiger partial charge in [0.25, 0.3) is 5.91 Å². The average molecular weight is 385 g/mol. The second-order valence-electron chi connectivity index (χ2n) is 6.58. The van der Waals surface area contributed by atoms with Gasteiger partial charge in [-0.2, -0.15) is 0 Å². The van der Waals surface area contributed by atoms with Gasteiger partial charge in [0.05, 0.1) is 0 Å². The highest BCUT2D eigenvalue weighted by Gasteiger charge is 2.16. The molecule has 1 N–H and O–H groups in total. The predicted octanol–water partition coefficient (Wildman–Crippen LogP) is 3.76. The minimum atomic E-state index is -0.457. The monoisotopic (exact) mass is 385 g/mol. The molecule has 0 unspecified atom stereocenters. The standard InChI is InChI=1S/C22H28FN3O2/c1-5-25(6-2)20-10-11-21(16(3)14-20)26(17(4)27)13-12-24-22(28)18-8-7-9-19(23)15-18/h7-11,14-15H,5-6,12-13H2,1-4H3,(H,24,28). The summed E-state index contributed by atoms with van der Waals surface area (Å²) in [6.07, 6.45) is 0. The first kappa shape index (κ1) is 21.4. The van der Waals surface area contributed by atoms with Crippen molar-refractivity contribution >= 4 is 23.2 Å². The van der Waals surface area contributed by atoms with Gasteiger partial charge in [0.15, 0.2) is 0 Å². The van der Waals surface area contributed by atoms with Crippen molar-refractivity contribution in [3.63, 3.8) is 0 Å². The number of carbonyl (C=O) groups excluding carboxylic acids is 2. The number of nitrogens with one attached hydrogen (secondary N) is 1. The number of anilines is 2. The fourth-order valence-electron chi connectivity index (χ4n) is 3.19. The number of halogens is 1. The van der Waals surface area contributed by atoms with Gasteiger partial charge in [-0.3, -0.25) is 9.59 Å². The smallest absolute Gasteiger partial charge is 0.251 e. The lowest BCUT2D eigenvalue weighted by Gasteiger charge is -2.26. The Bertz CT molecular complexity index is 834. The zero-order valence-electron chi connectivity index (χ0n) is 17.0. The van der Waals surface area contributed by atoms with E-state index in [4.69, 9.17) is 0 Å². The van der Waals surface area contributed by atoms with E-state index < -0.39 is 5.82 Å². The van der Waals surface area contributed by atoms with Crippen LogP contribution in [0.25, 0.3) is 0 Å². The quantitative estimate of drug-likeness (QED) is 0.753. The molecule has 2 aromatic carbocycles. The summed E-state index contributed by atoms with van der Waals surface area (Å²) in [7, 11) is 0. The fraction of sp³-hybridized carbons (Fsp3) is 0.364. The Labute approximate surface area is 166 Å². The van der Waals surface area contributed by atoms with Crippen LogP contribution in [-0.4, -0.2) is 38.0 Å². The Hall–Kier alpha value is -2.89. The Morgan fingerprint density at radius 3 is 2.36 bits per heavy atom. The lowest BCUT2D eigenvalue weighted by molar-refractivity contribution is -0.116. The van der Waals surface area contributed by atoms with E-state index in [2.05, 4.69) is 30.1 Å². The van der Waals surface area contributed by atoms with E-state index in [0.717, 1.165) is 30.0 Å². The van der Waals surface area contributed by atoms with Crippen molar-refractivity contribution in [1.82, 2.24) is 5.32 Å². The summed E-state index contributed by atoms with van der Waals surface area (Å²) in [5.74, 6) is -0.919. The van der Waals surface area contributed by atoms with Crippen molar-refractivity contribution < 1.29 is 14.0 Å². The zero-order chi connectivity index (χ0) is 20.7. The first-order chi connectivity index (χ1) is 13.4. The first-order valence-electron chi connectivity index (χ1n) is 9.54. The van der Waals surface area contributed by atoms with Gasteiger partial charge in [-0.05, 0) is 62.7 Å².